The molecule has 4 rings (SSSR count). The van der Waals surface area contributed by atoms with Crippen LogP contribution < -0.4 is 0 Å². The van der Waals surface area contributed by atoms with Gasteiger partial charge in [0.1, 0.15) is 11.6 Å². The second kappa shape index (κ2) is 5.18. The molecule has 0 unspecified atom stereocenters. The van der Waals surface area contributed by atoms with Crippen LogP contribution in [0, 0.1) is 6.92 Å². The fourth-order valence-corrected chi connectivity index (χ4v) is 3.20. The SMILES string of the molecule is Cc1nnc2n1-c1ccc(Br)cc1C(c1ccccn1)=CC2. The summed E-state index contributed by atoms with van der Waals surface area (Å²) in [5.74, 6) is 1.85. The van der Waals surface area contributed by atoms with Crippen molar-refractivity contribution in [3.05, 3.63) is 76.0 Å². The van der Waals surface area contributed by atoms with Crippen LogP contribution in [-0.2, 0) is 6.42 Å². The standard InChI is InChI=1S/C17H13BrN4/c1-11-20-21-17-8-6-13(15-4-2-3-9-19-15)14-10-12(18)5-7-16(14)22(11)17/h2-7,9-10H,8H2,1H3. The second-order valence-corrected chi connectivity index (χ2v) is 6.11. The molecule has 1 aromatic carbocycles. The molecule has 0 bridgehead atoms. The molecule has 0 fully saturated rings. The number of benzene rings is 1. The maximum absolute atomic E-state index is 4.51. The van der Waals surface area contributed by atoms with Crippen molar-refractivity contribution in [1.29, 1.82) is 0 Å². The molecule has 5 heteroatoms. The highest BCUT2D eigenvalue weighted by atomic mass is 79.9. The Hall–Kier alpha value is -2.27. The van der Waals surface area contributed by atoms with Gasteiger partial charge in [0.05, 0.1) is 11.4 Å². The van der Waals surface area contributed by atoms with E-state index in [0.29, 0.717) is 0 Å². The van der Waals surface area contributed by atoms with E-state index in [4.69, 9.17) is 0 Å². The van der Waals surface area contributed by atoms with E-state index in [2.05, 4.69) is 53.9 Å². The molecule has 0 N–H and O–H groups in total. The van der Waals surface area contributed by atoms with Crippen LogP contribution in [0.3, 0.4) is 0 Å². The molecule has 0 saturated carbocycles. The highest BCUT2D eigenvalue weighted by Gasteiger charge is 2.20. The summed E-state index contributed by atoms with van der Waals surface area (Å²) in [4.78, 5) is 4.51. The third-order valence-corrected chi connectivity index (χ3v) is 4.30. The first-order valence-corrected chi connectivity index (χ1v) is 7.86. The van der Waals surface area contributed by atoms with Gasteiger partial charge in [-0.1, -0.05) is 28.1 Å². The molecule has 0 aliphatic carbocycles. The summed E-state index contributed by atoms with van der Waals surface area (Å²) < 4.78 is 3.16. The minimum atomic E-state index is 0.735. The third-order valence-electron chi connectivity index (χ3n) is 3.81. The van der Waals surface area contributed by atoms with E-state index in [1.807, 2.05) is 37.4 Å². The van der Waals surface area contributed by atoms with E-state index in [1.54, 1.807) is 0 Å². The Morgan fingerprint density at radius 1 is 1.14 bits per heavy atom. The van der Waals surface area contributed by atoms with Crippen LogP contribution in [0.2, 0.25) is 0 Å². The highest BCUT2D eigenvalue weighted by Crippen LogP contribution is 2.33. The average Bonchev–Trinajstić information content (AvgIpc) is 2.82. The molecule has 0 spiro atoms. The molecule has 3 aromatic rings. The summed E-state index contributed by atoms with van der Waals surface area (Å²) in [6.45, 7) is 1.98. The molecule has 0 radical (unpaired) electrons. The van der Waals surface area contributed by atoms with Crippen molar-refractivity contribution in [2.45, 2.75) is 13.3 Å². The predicted molar refractivity (Wildman–Crippen MR) is 88.8 cm³/mol. The van der Waals surface area contributed by atoms with Crippen LogP contribution in [-0.4, -0.2) is 19.7 Å². The van der Waals surface area contributed by atoms with Gasteiger partial charge in [-0.15, -0.1) is 10.2 Å². The quantitative estimate of drug-likeness (QED) is 0.670. The molecule has 4 nitrogen and oxygen atoms in total. The summed E-state index contributed by atoms with van der Waals surface area (Å²) in [6.07, 6.45) is 4.74. The number of fused-ring (bicyclic) bond motifs is 3. The Morgan fingerprint density at radius 2 is 2.05 bits per heavy atom. The number of hydrogen-bond donors (Lipinski definition) is 0. The normalized spacial score (nSPS) is 13.1. The lowest BCUT2D eigenvalue weighted by Gasteiger charge is -2.13. The van der Waals surface area contributed by atoms with Crippen LogP contribution >= 0.6 is 15.9 Å². The Labute approximate surface area is 136 Å². The molecular formula is C17H13BrN4. The topological polar surface area (TPSA) is 43.6 Å². The van der Waals surface area contributed by atoms with Gasteiger partial charge in [0.2, 0.25) is 0 Å². The number of nitrogens with zero attached hydrogens (tertiary/aromatic N) is 4. The number of aryl methyl sites for hydroxylation is 1. The number of halogens is 1. The van der Waals surface area contributed by atoms with Crippen LogP contribution in [0.4, 0.5) is 0 Å². The van der Waals surface area contributed by atoms with Crippen LogP contribution in [0.25, 0.3) is 11.3 Å². The van der Waals surface area contributed by atoms with Gasteiger partial charge in [-0.25, -0.2) is 0 Å². The smallest absolute Gasteiger partial charge is 0.141 e. The molecule has 1 aliphatic rings. The van der Waals surface area contributed by atoms with Crippen molar-refractivity contribution in [3.8, 4) is 5.69 Å². The zero-order valence-electron chi connectivity index (χ0n) is 12.0. The van der Waals surface area contributed by atoms with E-state index in [-0.39, 0.29) is 0 Å². The Morgan fingerprint density at radius 3 is 2.86 bits per heavy atom. The molecule has 22 heavy (non-hydrogen) atoms. The first kappa shape index (κ1) is 13.4. The van der Waals surface area contributed by atoms with Crippen molar-refractivity contribution in [1.82, 2.24) is 19.7 Å². The minimum Gasteiger partial charge on any atom is -0.282 e. The van der Waals surface area contributed by atoms with Gasteiger partial charge in [-0.3, -0.25) is 9.55 Å². The Balaban J connectivity index is 2.01. The van der Waals surface area contributed by atoms with Gasteiger partial charge in [0.25, 0.3) is 0 Å². The Bertz CT molecular complexity index is 881. The minimum absolute atomic E-state index is 0.735. The van der Waals surface area contributed by atoms with Gasteiger partial charge in [0.15, 0.2) is 0 Å². The molecule has 1 aliphatic heterocycles. The fourth-order valence-electron chi connectivity index (χ4n) is 2.84. The number of hydrogen-bond acceptors (Lipinski definition) is 3. The van der Waals surface area contributed by atoms with E-state index in [0.717, 1.165) is 45.1 Å². The third kappa shape index (κ3) is 2.09. The number of rotatable bonds is 1. The summed E-state index contributed by atoms with van der Waals surface area (Å²) >= 11 is 3.58. The van der Waals surface area contributed by atoms with Crippen LogP contribution in [0.15, 0.2) is 53.1 Å². The summed E-state index contributed by atoms with van der Waals surface area (Å²) in [5, 5.41) is 8.52. The van der Waals surface area contributed by atoms with Crippen molar-refractivity contribution in [2.24, 2.45) is 0 Å². The molecule has 108 valence electrons. The fraction of sp³-hybridized carbons (Fsp3) is 0.118. The molecule has 0 saturated heterocycles. The zero-order chi connectivity index (χ0) is 15.1. The monoisotopic (exact) mass is 352 g/mol. The lowest BCUT2D eigenvalue weighted by molar-refractivity contribution is 0.909. The van der Waals surface area contributed by atoms with Gasteiger partial charge in [0, 0.05) is 28.2 Å². The second-order valence-electron chi connectivity index (χ2n) is 5.20. The molecule has 0 atom stereocenters. The van der Waals surface area contributed by atoms with Crippen molar-refractivity contribution in [3.63, 3.8) is 0 Å². The lowest BCUT2D eigenvalue weighted by atomic mass is 10.00. The van der Waals surface area contributed by atoms with Crippen molar-refractivity contribution in [2.75, 3.05) is 0 Å². The summed E-state index contributed by atoms with van der Waals surface area (Å²) in [5.41, 5.74) is 4.32. The van der Waals surface area contributed by atoms with E-state index < -0.39 is 0 Å². The summed E-state index contributed by atoms with van der Waals surface area (Å²) in [7, 11) is 0. The molecular weight excluding hydrogens is 340 g/mol. The van der Waals surface area contributed by atoms with Gasteiger partial charge in [-0.2, -0.15) is 0 Å². The van der Waals surface area contributed by atoms with Gasteiger partial charge in [-0.05, 0) is 37.3 Å². The number of pyridine rings is 1. The predicted octanol–water partition coefficient (Wildman–Crippen LogP) is 3.72. The van der Waals surface area contributed by atoms with Crippen LogP contribution in [0.5, 0.6) is 0 Å². The number of allylic oxidation sites excluding steroid dienone is 1. The molecule has 2 aromatic heterocycles. The zero-order valence-corrected chi connectivity index (χ0v) is 13.6. The summed E-state index contributed by atoms with van der Waals surface area (Å²) in [6, 6.07) is 12.3. The average molecular weight is 353 g/mol. The first-order chi connectivity index (χ1) is 10.7. The lowest BCUT2D eigenvalue weighted by Crippen LogP contribution is -2.03. The maximum atomic E-state index is 4.51. The first-order valence-electron chi connectivity index (χ1n) is 7.07. The van der Waals surface area contributed by atoms with Gasteiger partial charge >= 0.3 is 0 Å². The van der Waals surface area contributed by atoms with E-state index in [9.17, 15) is 0 Å². The van der Waals surface area contributed by atoms with E-state index >= 15 is 0 Å². The Kier molecular flexibility index (Phi) is 3.15. The number of aromatic nitrogens is 4. The van der Waals surface area contributed by atoms with Crippen molar-refractivity contribution >= 4 is 21.5 Å². The highest BCUT2D eigenvalue weighted by molar-refractivity contribution is 9.10. The van der Waals surface area contributed by atoms with Crippen LogP contribution in [0.1, 0.15) is 22.9 Å². The van der Waals surface area contributed by atoms with Gasteiger partial charge < -0.3 is 0 Å². The van der Waals surface area contributed by atoms with Crippen molar-refractivity contribution < 1.29 is 0 Å². The largest absolute Gasteiger partial charge is 0.282 e. The molecule has 0 amide bonds. The maximum Gasteiger partial charge on any atom is 0.141 e. The molecule has 3 heterocycles. The van der Waals surface area contributed by atoms with E-state index in [1.165, 1.54) is 0 Å².